The number of carbonyl (C=O) groups is 1. The number of benzene rings is 1. The molecule has 1 aromatic carbocycles. The third-order valence-corrected chi connectivity index (χ3v) is 3.11. The minimum absolute atomic E-state index is 0.0399. The van der Waals surface area contributed by atoms with Gasteiger partial charge in [-0.1, -0.05) is 24.6 Å². The molecule has 0 bridgehead atoms. The Morgan fingerprint density at radius 1 is 1.45 bits per heavy atom. The van der Waals surface area contributed by atoms with Crippen LogP contribution in [0.4, 0.5) is 4.79 Å². The Balaban J connectivity index is 2.57. The van der Waals surface area contributed by atoms with E-state index < -0.39 is 0 Å². The molecule has 112 valence electrons. The summed E-state index contributed by atoms with van der Waals surface area (Å²) in [6.07, 6.45) is 0.849. The van der Waals surface area contributed by atoms with Gasteiger partial charge in [-0.3, -0.25) is 0 Å². The second-order valence-electron chi connectivity index (χ2n) is 4.34. The monoisotopic (exact) mass is 300 g/mol. The Morgan fingerprint density at radius 2 is 2.20 bits per heavy atom. The molecule has 0 atom stereocenters. The molecule has 2 N–H and O–H groups in total. The number of methoxy groups -OCH3 is 1. The largest absolute Gasteiger partial charge is 0.495 e. The van der Waals surface area contributed by atoms with Gasteiger partial charge in [-0.05, 0) is 24.1 Å². The normalized spacial score (nSPS) is 10.2. The zero-order valence-corrected chi connectivity index (χ0v) is 12.6. The van der Waals surface area contributed by atoms with Gasteiger partial charge in [0.2, 0.25) is 0 Å². The third kappa shape index (κ3) is 4.90. The number of nitrogens with zero attached hydrogens (tertiary/aromatic N) is 1. The van der Waals surface area contributed by atoms with E-state index in [0.29, 0.717) is 30.4 Å². The van der Waals surface area contributed by atoms with Gasteiger partial charge in [-0.2, -0.15) is 0 Å². The van der Waals surface area contributed by atoms with Gasteiger partial charge in [-0.25, -0.2) is 4.79 Å². The first kappa shape index (κ1) is 16.6. The predicted octanol–water partition coefficient (Wildman–Crippen LogP) is 2.26. The summed E-state index contributed by atoms with van der Waals surface area (Å²) in [4.78, 5) is 13.5. The van der Waals surface area contributed by atoms with Crippen LogP contribution < -0.4 is 10.1 Å². The lowest BCUT2D eigenvalue weighted by atomic mass is 10.2. The van der Waals surface area contributed by atoms with Crippen molar-refractivity contribution in [2.75, 3.05) is 26.8 Å². The first-order valence-electron chi connectivity index (χ1n) is 6.58. The van der Waals surface area contributed by atoms with Gasteiger partial charge in [0.25, 0.3) is 0 Å². The molecule has 0 aliphatic heterocycles. The highest BCUT2D eigenvalue weighted by molar-refractivity contribution is 6.32. The number of halogens is 1. The fraction of sp³-hybridized carbons (Fsp3) is 0.500. The zero-order valence-electron chi connectivity index (χ0n) is 11.9. The number of urea groups is 1. The second-order valence-corrected chi connectivity index (χ2v) is 4.75. The number of rotatable bonds is 7. The summed E-state index contributed by atoms with van der Waals surface area (Å²) in [5.41, 5.74) is 0.893. The summed E-state index contributed by atoms with van der Waals surface area (Å²) in [7, 11) is 1.56. The van der Waals surface area contributed by atoms with Crippen molar-refractivity contribution in [3.8, 4) is 5.75 Å². The number of amides is 2. The van der Waals surface area contributed by atoms with Crippen LogP contribution in [-0.2, 0) is 6.54 Å². The molecular weight excluding hydrogens is 280 g/mol. The van der Waals surface area contributed by atoms with Crippen LogP contribution >= 0.6 is 11.6 Å². The van der Waals surface area contributed by atoms with Crippen LogP contribution in [0.1, 0.15) is 18.9 Å². The Labute approximate surface area is 124 Å². The van der Waals surface area contributed by atoms with E-state index in [1.54, 1.807) is 24.1 Å². The Morgan fingerprint density at radius 3 is 2.75 bits per heavy atom. The van der Waals surface area contributed by atoms with Crippen molar-refractivity contribution in [1.29, 1.82) is 0 Å². The maximum Gasteiger partial charge on any atom is 0.317 e. The summed E-state index contributed by atoms with van der Waals surface area (Å²) < 4.78 is 5.07. The molecule has 0 saturated heterocycles. The lowest BCUT2D eigenvalue weighted by Gasteiger charge is -2.21. The Hall–Kier alpha value is -1.46. The van der Waals surface area contributed by atoms with E-state index in [-0.39, 0.29) is 12.6 Å². The van der Waals surface area contributed by atoms with Gasteiger partial charge in [0.15, 0.2) is 0 Å². The molecule has 0 aliphatic rings. The van der Waals surface area contributed by atoms with Crippen LogP contribution in [0.3, 0.4) is 0 Å². The smallest absolute Gasteiger partial charge is 0.317 e. The molecule has 0 saturated carbocycles. The van der Waals surface area contributed by atoms with Crippen LogP contribution in [-0.4, -0.2) is 42.8 Å². The minimum Gasteiger partial charge on any atom is -0.495 e. The van der Waals surface area contributed by atoms with Crippen LogP contribution in [0.25, 0.3) is 0 Å². The molecule has 1 aromatic rings. The average Bonchev–Trinajstić information content (AvgIpc) is 2.44. The fourth-order valence-electron chi connectivity index (χ4n) is 1.81. The average molecular weight is 301 g/mol. The van der Waals surface area contributed by atoms with Gasteiger partial charge in [0, 0.05) is 19.6 Å². The van der Waals surface area contributed by atoms with Gasteiger partial charge >= 0.3 is 6.03 Å². The summed E-state index contributed by atoms with van der Waals surface area (Å²) >= 11 is 6.03. The number of nitrogens with one attached hydrogen (secondary N) is 1. The van der Waals surface area contributed by atoms with E-state index in [1.807, 2.05) is 13.0 Å². The molecule has 0 spiro atoms. The lowest BCUT2D eigenvalue weighted by molar-refractivity contribution is 0.177. The van der Waals surface area contributed by atoms with Crippen LogP contribution in [0, 0.1) is 0 Å². The van der Waals surface area contributed by atoms with Crippen molar-refractivity contribution in [3.63, 3.8) is 0 Å². The highest BCUT2D eigenvalue weighted by atomic mass is 35.5. The van der Waals surface area contributed by atoms with Gasteiger partial charge in [-0.15, -0.1) is 0 Å². The van der Waals surface area contributed by atoms with Crippen molar-refractivity contribution >= 4 is 17.6 Å². The van der Waals surface area contributed by atoms with E-state index in [2.05, 4.69) is 5.32 Å². The van der Waals surface area contributed by atoms with E-state index in [0.717, 1.165) is 12.0 Å². The molecule has 0 radical (unpaired) electrons. The zero-order chi connectivity index (χ0) is 15.0. The summed E-state index contributed by atoms with van der Waals surface area (Å²) in [5.74, 6) is 0.606. The SMILES string of the molecule is CCCN(CCO)C(=O)NCc1ccc(OC)c(Cl)c1. The van der Waals surface area contributed by atoms with Crippen molar-refractivity contribution in [2.24, 2.45) is 0 Å². The fourth-order valence-corrected chi connectivity index (χ4v) is 2.10. The second kappa shape index (κ2) is 8.66. The predicted molar refractivity (Wildman–Crippen MR) is 79.2 cm³/mol. The molecule has 0 aromatic heterocycles. The number of hydrogen-bond donors (Lipinski definition) is 2. The van der Waals surface area contributed by atoms with E-state index >= 15 is 0 Å². The van der Waals surface area contributed by atoms with Crippen LogP contribution in [0.5, 0.6) is 5.75 Å². The van der Waals surface area contributed by atoms with Gasteiger partial charge < -0.3 is 20.1 Å². The van der Waals surface area contributed by atoms with E-state index in [4.69, 9.17) is 21.4 Å². The highest BCUT2D eigenvalue weighted by Crippen LogP contribution is 2.24. The minimum atomic E-state index is -0.187. The Bertz CT molecular complexity index is 434. The van der Waals surface area contributed by atoms with E-state index in [1.165, 1.54) is 0 Å². The maximum atomic E-state index is 12.0. The number of aliphatic hydroxyl groups is 1. The standard InChI is InChI=1S/C14H21ClN2O3/c1-3-6-17(7-8-18)14(19)16-10-11-4-5-13(20-2)12(15)9-11/h4-5,9,18H,3,6-8,10H2,1-2H3,(H,16,19). The first-order valence-corrected chi connectivity index (χ1v) is 6.96. The maximum absolute atomic E-state index is 12.0. The van der Waals surface area contributed by atoms with Gasteiger partial charge in [0.05, 0.1) is 18.7 Å². The highest BCUT2D eigenvalue weighted by Gasteiger charge is 2.11. The molecule has 2 amide bonds. The van der Waals surface area contributed by atoms with Crippen LogP contribution in [0.2, 0.25) is 5.02 Å². The number of carbonyl (C=O) groups excluding carboxylic acids is 1. The van der Waals surface area contributed by atoms with E-state index in [9.17, 15) is 4.79 Å². The molecule has 0 aliphatic carbocycles. The molecule has 5 nitrogen and oxygen atoms in total. The molecule has 20 heavy (non-hydrogen) atoms. The quantitative estimate of drug-likeness (QED) is 0.812. The summed E-state index contributed by atoms with van der Waals surface area (Å²) in [6.45, 7) is 3.29. The Kier molecular flexibility index (Phi) is 7.18. The van der Waals surface area contributed by atoms with Gasteiger partial charge in [0.1, 0.15) is 5.75 Å². The van der Waals surface area contributed by atoms with Crippen molar-refractivity contribution in [2.45, 2.75) is 19.9 Å². The molecule has 6 heteroatoms. The summed E-state index contributed by atoms with van der Waals surface area (Å²) in [6, 6.07) is 5.19. The first-order chi connectivity index (χ1) is 9.62. The number of hydrogen-bond acceptors (Lipinski definition) is 3. The van der Waals surface area contributed by atoms with Crippen molar-refractivity contribution in [3.05, 3.63) is 28.8 Å². The molecule has 0 fully saturated rings. The summed E-state index contributed by atoms with van der Waals surface area (Å²) in [5, 5.41) is 12.3. The number of ether oxygens (including phenoxy) is 1. The van der Waals surface area contributed by atoms with Crippen molar-refractivity contribution < 1.29 is 14.6 Å². The molecule has 1 rings (SSSR count). The molecular formula is C14H21ClN2O3. The van der Waals surface area contributed by atoms with Crippen LogP contribution in [0.15, 0.2) is 18.2 Å². The number of aliphatic hydroxyl groups excluding tert-OH is 1. The molecule has 0 heterocycles. The third-order valence-electron chi connectivity index (χ3n) is 2.81. The molecule has 0 unspecified atom stereocenters. The topological polar surface area (TPSA) is 61.8 Å². The lowest BCUT2D eigenvalue weighted by Crippen LogP contribution is -2.41. The van der Waals surface area contributed by atoms with Crippen molar-refractivity contribution in [1.82, 2.24) is 10.2 Å².